The molecule has 0 saturated carbocycles. The third-order valence-electron chi connectivity index (χ3n) is 4.29. The highest BCUT2D eigenvalue weighted by Crippen LogP contribution is 2.23. The molecule has 29 heavy (non-hydrogen) atoms. The molecule has 0 heterocycles. The molecule has 5 nitrogen and oxygen atoms in total. The summed E-state index contributed by atoms with van der Waals surface area (Å²) in [6.45, 7) is 5.85. The quantitative estimate of drug-likeness (QED) is 0.699. The zero-order valence-corrected chi connectivity index (χ0v) is 16.4. The standard InChI is InChI=1S/C21H23F3N2O3/c1-4-20(2,3)26-19(28)15-7-9-16(10-8-15)25-18(27)13-14-5-11-17(12-6-14)29-21(22,23)24/h5-12H,4,13H2,1-3H3,(H,25,27)(H,26,28). The highest BCUT2D eigenvalue weighted by Gasteiger charge is 2.31. The van der Waals surface area contributed by atoms with Gasteiger partial charge in [0.05, 0.1) is 6.42 Å². The van der Waals surface area contributed by atoms with Crippen molar-refractivity contribution in [1.82, 2.24) is 5.32 Å². The Bertz CT molecular complexity index is 845. The van der Waals surface area contributed by atoms with Crippen molar-refractivity contribution in [3.05, 3.63) is 59.7 Å². The number of rotatable bonds is 7. The minimum absolute atomic E-state index is 0.0147. The molecule has 8 heteroatoms. The van der Waals surface area contributed by atoms with Crippen LogP contribution in [0.4, 0.5) is 18.9 Å². The van der Waals surface area contributed by atoms with E-state index in [1.807, 2.05) is 20.8 Å². The Balaban J connectivity index is 1.91. The van der Waals surface area contributed by atoms with Crippen LogP contribution in [0.3, 0.4) is 0 Å². The molecular formula is C21H23F3N2O3. The average molecular weight is 408 g/mol. The zero-order valence-electron chi connectivity index (χ0n) is 16.4. The second-order valence-electron chi connectivity index (χ2n) is 7.19. The summed E-state index contributed by atoms with van der Waals surface area (Å²) in [7, 11) is 0. The van der Waals surface area contributed by atoms with Gasteiger partial charge in [-0.3, -0.25) is 9.59 Å². The lowest BCUT2D eigenvalue weighted by atomic mass is 10.0. The van der Waals surface area contributed by atoms with Crippen LogP contribution in [0.1, 0.15) is 43.1 Å². The molecule has 0 aromatic heterocycles. The van der Waals surface area contributed by atoms with E-state index < -0.39 is 6.36 Å². The summed E-state index contributed by atoms with van der Waals surface area (Å²) in [5, 5.41) is 5.61. The summed E-state index contributed by atoms with van der Waals surface area (Å²) in [6.07, 6.45) is -3.98. The summed E-state index contributed by atoms with van der Waals surface area (Å²) >= 11 is 0. The second kappa shape index (κ2) is 8.98. The fourth-order valence-corrected chi connectivity index (χ4v) is 2.37. The van der Waals surface area contributed by atoms with E-state index in [9.17, 15) is 22.8 Å². The van der Waals surface area contributed by atoms with Crippen molar-refractivity contribution in [2.45, 2.75) is 45.5 Å². The first kappa shape index (κ1) is 22.3. The van der Waals surface area contributed by atoms with Gasteiger partial charge in [0.25, 0.3) is 5.91 Å². The fraction of sp³-hybridized carbons (Fsp3) is 0.333. The Kier molecular flexibility index (Phi) is 6.89. The predicted octanol–water partition coefficient (Wildman–Crippen LogP) is 4.68. The molecule has 2 aromatic carbocycles. The minimum Gasteiger partial charge on any atom is -0.406 e. The van der Waals surface area contributed by atoms with Gasteiger partial charge in [-0.15, -0.1) is 13.2 Å². The molecule has 0 bridgehead atoms. The van der Waals surface area contributed by atoms with Crippen LogP contribution in [0.2, 0.25) is 0 Å². The number of nitrogens with one attached hydrogen (secondary N) is 2. The van der Waals surface area contributed by atoms with Crippen molar-refractivity contribution in [2.75, 3.05) is 5.32 Å². The molecule has 2 N–H and O–H groups in total. The number of halogens is 3. The number of hydrogen-bond acceptors (Lipinski definition) is 3. The summed E-state index contributed by atoms with van der Waals surface area (Å²) in [5.41, 5.74) is 1.21. The van der Waals surface area contributed by atoms with Gasteiger partial charge in [0.15, 0.2) is 0 Å². The van der Waals surface area contributed by atoms with E-state index in [-0.39, 0.29) is 29.5 Å². The van der Waals surface area contributed by atoms with Gasteiger partial charge in [0.2, 0.25) is 5.91 Å². The van der Waals surface area contributed by atoms with Crippen molar-refractivity contribution in [1.29, 1.82) is 0 Å². The van der Waals surface area contributed by atoms with Crippen LogP contribution in [0.25, 0.3) is 0 Å². The van der Waals surface area contributed by atoms with Gasteiger partial charge >= 0.3 is 6.36 Å². The molecule has 156 valence electrons. The summed E-state index contributed by atoms with van der Waals surface area (Å²) in [6, 6.07) is 11.5. The number of hydrogen-bond donors (Lipinski definition) is 2. The number of carbonyl (C=O) groups is 2. The maximum absolute atomic E-state index is 12.2. The molecule has 2 amide bonds. The number of amides is 2. The van der Waals surface area contributed by atoms with E-state index in [4.69, 9.17) is 0 Å². The number of alkyl halides is 3. The highest BCUT2D eigenvalue weighted by atomic mass is 19.4. The maximum Gasteiger partial charge on any atom is 0.573 e. The SMILES string of the molecule is CCC(C)(C)NC(=O)c1ccc(NC(=O)Cc2ccc(OC(F)(F)F)cc2)cc1. The molecule has 0 atom stereocenters. The predicted molar refractivity (Wildman–Crippen MR) is 104 cm³/mol. The third-order valence-corrected chi connectivity index (χ3v) is 4.29. The normalized spacial score (nSPS) is 11.7. The van der Waals surface area contributed by atoms with E-state index in [1.54, 1.807) is 24.3 Å². The Morgan fingerprint density at radius 3 is 2.07 bits per heavy atom. The third kappa shape index (κ3) is 7.48. The molecule has 2 aromatic rings. The highest BCUT2D eigenvalue weighted by molar-refractivity contribution is 5.96. The van der Waals surface area contributed by atoms with Gasteiger partial charge in [-0.2, -0.15) is 0 Å². The van der Waals surface area contributed by atoms with Crippen molar-refractivity contribution in [3.8, 4) is 5.75 Å². The van der Waals surface area contributed by atoms with Gasteiger partial charge in [0.1, 0.15) is 5.75 Å². The molecule has 0 aliphatic rings. The number of anilines is 1. The van der Waals surface area contributed by atoms with Crippen LogP contribution in [0.5, 0.6) is 5.75 Å². The van der Waals surface area contributed by atoms with Crippen molar-refractivity contribution in [2.24, 2.45) is 0 Å². The molecule has 0 aliphatic carbocycles. The Labute approximate surface area is 167 Å². The van der Waals surface area contributed by atoms with Crippen LogP contribution < -0.4 is 15.4 Å². The first-order chi connectivity index (χ1) is 13.5. The summed E-state index contributed by atoms with van der Waals surface area (Å²) in [4.78, 5) is 24.4. The van der Waals surface area contributed by atoms with E-state index in [0.29, 0.717) is 16.8 Å². The van der Waals surface area contributed by atoms with Crippen LogP contribution in [-0.4, -0.2) is 23.7 Å². The molecule has 0 unspecified atom stereocenters. The Hall–Kier alpha value is -3.03. The minimum atomic E-state index is -4.76. The van der Waals surface area contributed by atoms with Gasteiger partial charge < -0.3 is 15.4 Å². The second-order valence-corrected chi connectivity index (χ2v) is 7.19. The van der Waals surface area contributed by atoms with Gasteiger partial charge in [-0.1, -0.05) is 19.1 Å². The molecule has 0 aliphatic heterocycles. The van der Waals surface area contributed by atoms with E-state index >= 15 is 0 Å². The van der Waals surface area contributed by atoms with Gasteiger partial charge in [0, 0.05) is 16.8 Å². The van der Waals surface area contributed by atoms with Crippen molar-refractivity contribution < 1.29 is 27.5 Å². The molecule has 0 spiro atoms. The first-order valence-electron chi connectivity index (χ1n) is 9.04. The topological polar surface area (TPSA) is 67.4 Å². The van der Waals surface area contributed by atoms with E-state index in [1.165, 1.54) is 12.1 Å². The number of ether oxygens (including phenoxy) is 1. The lowest BCUT2D eigenvalue weighted by Crippen LogP contribution is -2.42. The molecule has 0 saturated heterocycles. The largest absolute Gasteiger partial charge is 0.573 e. The van der Waals surface area contributed by atoms with E-state index in [0.717, 1.165) is 18.6 Å². The molecule has 2 rings (SSSR count). The average Bonchev–Trinajstić information content (AvgIpc) is 2.62. The molecule has 0 radical (unpaired) electrons. The van der Waals surface area contributed by atoms with Gasteiger partial charge in [-0.05, 0) is 62.2 Å². The molecular weight excluding hydrogens is 385 g/mol. The maximum atomic E-state index is 12.2. The number of benzene rings is 2. The van der Waals surface area contributed by atoms with Crippen LogP contribution in [0, 0.1) is 0 Å². The van der Waals surface area contributed by atoms with Crippen molar-refractivity contribution in [3.63, 3.8) is 0 Å². The zero-order chi connectivity index (χ0) is 21.7. The van der Waals surface area contributed by atoms with Crippen LogP contribution in [-0.2, 0) is 11.2 Å². The Morgan fingerprint density at radius 2 is 1.55 bits per heavy atom. The smallest absolute Gasteiger partial charge is 0.406 e. The fourth-order valence-electron chi connectivity index (χ4n) is 2.37. The van der Waals surface area contributed by atoms with E-state index in [2.05, 4.69) is 15.4 Å². The monoisotopic (exact) mass is 408 g/mol. The van der Waals surface area contributed by atoms with Crippen LogP contribution >= 0.6 is 0 Å². The van der Waals surface area contributed by atoms with Crippen molar-refractivity contribution >= 4 is 17.5 Å². The van der Waals surface area contributed by atoms with Crippen LogP contribution in [0.15, 0.2) is 48.5 Å². The first-order valence-corrected chi connectivity index (χ1v) is 9.04. The lowest BCUT2D eigenvalue weighted by molar-refractivity contribution is -0.274. The molecule has 0 fully saturated rings. The summed E-state index contributed by atoms with van der Waals surface area (Å²) in [5.74, 6) is -0.878. The number of carbonyl (C=O) groups excluding carboxylic acids is 2. The lowest BCUT2D eigenvalue weighted by Gasteiger charge is -2.24. The summed E-state index contributed by atoms with van der Waals surface area (Å²) < 4.78 is 40.3. The van der Waals surface area contributed by atoms with Gasteiger partial charge in [-0.25, -0.2) is 0 Å². The Morgan fingerprint density at radius 1 is 0.966 bits per heavy atom.